The zero-order valence-electron chi connectivity index (χ0n) is 11.3. The smallest absolute Gasteiger partial charge is 0.337 e. The lowest BCUT2D eigenvalue weighted by atomic mass is 9.79. The Morgan fingerprint density at radius 3 is 2.05 bits per heavy atom. The molecule has 0 spiro atoms. The van der Waals surface area contributed by atoms with Gasteiger partial charge in [-0.1, -0.05) is 26.0 Å². The van der Waals surface area contributed by atoms with Crippen molar-refractivity contribution in [3.63, 3.8) is 0 Å². The summed E-state index contributed by atoms with van der Waals surface area (Å²) in [7, 11) is 1.33. The lowest BCUT2D eigenvalue weighted by molar-refractivity contribution is 0.0600. The predicted molar refractivity (Wildman–Crippen MR) is 70.1 cm³/mol. The molecule has 0 amide bonds. The zero-order valence-corrected chi connectivity index (χ0v) is 11.3. The molecule has 1 atom stereocenters. The Kier molecular flexibility index (Phi) is 5.09. The van der Waals surface area contributed by atoms with E-state index >= 15 is 0 Å². The Balaban J connectivity index is 3.10. The van der Waals surface area contributed by atoms with Crippen LogP contribution in [0.1, 0.15) is 35.7 Å². The first-order chi connectivity index (χ1) is 9.04. The second kappa shape index (κ2) is 6.56. The van der Waals surface area contributed by atoms with E-state index in [1.165, 1.54) is 7.11 Å². The van der Waals surface area contributed by atoms with Crippen molar-refractivity contribution in [1.82, 2.24) is 0 Å². The topological polar surface area (TPSA) is 73.9 Å². The van der Waals surface area contributed by atoms with Crippen molar-refractivity contribution in [2.75, 3.05) is 7.11 Å². The summed E-state index contributed by atoms with van der Waals surface area (Å²) in [6.45, 7) is 3.95. The average molecular weight is 256 g/mol. The molecule has 0 bridgehead atoms. The number of esters is 1. The molecule has 1 unspecified atom stereocenters. The van der Waals surface area contributed by atoms with E-state index in [1.807, 2.05) is 26.0 Å². The van der Waals surface area contributed by atoms with Gasteiger partial charge in [-0.3, -0.25) is 0 Å². The highest BCUT2D eigenvalue weighted by atomic mass is 16.5. The first-order valence-electron chi connectivity index (χ1n) is 6.02. The van der Waals surface area contributed by atoms with E-state index < -0.39 is 11.9 Å². The number of rotatable bonds is 4. The fourth-order valence-electron chi connectivity index (χ4n) is 2.11. The molecule has 98 valence electrons. The fraction of sp³-hybridized carbons (Fsp3) is 0.400. The molecule has 0 N–H and O–H groups in total. The Morgan fingerprint density at radius 2 is 1.68 bits per heavy atom. The van der Waals surface area contributed by atoms with Gasteiger partial charge in [0, 0.05) is 5.92 Å². The second-order valence-electron chi connectivity index (χ2n) is 4.62. The monoisotopic (exact) mass is 256 g/mol. The Hall–Kier alpha value is -2.33. The third kappa shape index (κ3) is 3.33. The van der Waals surface area contributed by atoms with Crippen LogP contribution in [0.3, 0.4) is 0 Å². The number of hydrogen-bond donors (Lipinski definition) is 0. The zero-order chi connectivity index (χ0) is 14.4. The Bertz CT molecular complexity index is 507. The van der Waals surface area contributed by atoms with Crippen LogP contribution in [0.5, 0.6) is 0 Å². The molecule has 0 heterocycles. The minimum atomic E-state index is -0.691. The molecule has 0 aliphatic carbocycles. The molecule has 0 fully saturated rings. The molecule has 0 aromatic heterocycles. The van der Waals surface area contributed by atoms with Crippen molar-refractivity contribution in [1.29, 1.82) is 10.5 Å². The number of carbonyl (C=O) groups excluding carboxylic acids is 1. The highest BCUT2D eigenvalue weighted by molar-refractivity contribution is 5.89. The molecular weight excluding hydrogens is 240 g/mol. The summed E-state index contributed by atoms with van der Waals surface area (Å²) in [6, 6.07) is 10.9. The van der Waals surface area contributed by atoms with Gasteiger partial charge in [0.15, 0.2) is 0 Å². The summed E-state index contributed by atoms with van der Waals surface area (Å²) in [6.07, 6.45) is 0. The number of benzene rings is 1. The maximum atomic E-state index is 11.3. The number of carbonyl (C=O) groups is 1. The summed E-state index contributed by atoms with van der Waals surface area (Å²) in [4.78, 5) is 11.3. The van der Waals surface area contributed by atoms with Gasteiger partial charge in [0.05, 0.1) is 24.8 Å². The van der Waals surface area contributed by atoms with Crippen LogP contribution in [0, 0.1) is 34.5 Å². The van der Waals surface area contributed by atoms with Crippen LogP contribution in [0.2, 0.25) is 0 Å². The highest BCUT2D eigenvalue weighted by Gasteiger charge is 2.26. The van der Waals surface area contributed by atoms with E-state index in [4.69, 9.17) is 10.5 Å². The molecule has 0 saturated carbocycles. The summed E-state index contributed by atoms with van der Waals surface area (Å²) in [5.41, 5.74) is 1.34. The van der Waals surface area contributed by atoms with E-state index in [1.54, 1.807) is 24.3 Å². The van der Waals surface area contributed by atoms with Crippen molar-refractivity contribution < 1.29 is 9.53 Å². The van der Waals surface area contributed by atoms with Gasteiger partial charge in [-0.2, -0.15) is 10.5 Å². The molecule has 0 aliphatic rings. The van der Waals surface area contributed by atoms with E-state index in [0.717, 1.165) is 5.56 Å². The molecule has 0 radical (unpaired) electrons. The molecule has 1 aromatic carbocycles. The summed E-state index contributed by atoms with van der Waals surface area (Å²) < 4.78 is 4.63. The van der Waals surface area contributed by atoms with E-state index in [-0.39, 0.29) is 11.8 Å². The van der Waals surface area contributed by atoms with Crippen molar-refractivity contribution in [3.05, 3.63) is 35.4 Å². The van der Waals surface area contributed by atoms with Crippen molar-refractivity contribution in [3.8, 4) is 12.1 Å². The quantitative estimate of drug-likeness (QED) is 0.776. The van der Waals surface area contributed by atoms with Crippen molar-refractivity contribution in [2.24, 2.45) is 11.8 Å². The molecule has 19 heavy (non-hydrogen) atoms. The molecule has 0 saturated heterocycles. The standard InChI is InChI=1S/C15H16N2O2/c1-10(2)14(13(8-16)9-17)11-4-6-12(7-5-11)15(18)19-3/h4-7,10,13-14H,1-3H3. The van der Waals surface area contributed by atoms with E-state index in [2.05, 4.69) is 4.74 Å². The van der Waals surface area contributed by atoms with E-state index in [0.29, 0.717) is 5.56 Å². The molecular formula is C15H16N2O2. The third-order valence-electron chi connectivity index (χ3n) is 3.07. The minimum Gasteiger partial charge on any atom is -0.465 e. The summed E-state index contributed by atoms with van der Waals surface area (Å²) in [5, 5.41) is 18.1. The van der Waals surface area contributed by atoms with Crippen LogP contribution >= 0.6 is 0 Å². The lowest BCUT2D eigenvalue weighted by Gasteiger charge is -2.22. The Morgan fingerprint density at radius 1 is 1.16 bits per heavy atom. The molecule has 1 aromatic rings. The van der Waals surface area contributed by atoms with Crippen molar-refractivity contribution >= 4 is 5.97 Å². The SMILES string of the molecule is COC(=O)c1ccc(C(C(C)C)C(C#N)C#N)cc1. The minimum absolute atomic E-state index is 0.160. The third-order valence-corrected chi connectivity index (χ3v) is 3.07. The maximum Gasteiger partial charge on any atom is 0.337 e. The van der Waals surface area contributed by atoms with Gasteiger partial charge in [-0.25, -0.2) is 4.79 Å². The van der Waals surface area contributed by atoms with Gasteiger partial charge >= 0.3 is 5.97 Å². The van der Waals surface area contributed by atoms with Crippen LogP contribution in [-0.2, 0) is 4.74 Å². The normalized spacial score (nSPS) is 11.7. The van der Waals surface area contributed by atoms with Crippen LogP contribution in [0.15, 0.2) is 24.3 Å². The number of nitrogens with zero attached hydrogens (tertiary/aromatic N) is 2. The first kappa shape index (κ1) is 14.7. The lowest BCUT2D eigenvalue weighted by Crippen LogP contribution is -2.16. The van der Waals surface area contributed by atoms with Crippen LogP contribution in [0.4, 0.5) is 0 Å². The second-order valence-corrected chi connectivity index (χ2v) is 4.62. The van der Waals surface area contributed by atoms with E-state index in [9.17, 15) is 4.79 Å². The van der Waals surface area contributed by atoms with Crippen LogP contribution < -0.4 is 0 Å². The molecule has 4 nitrogen and oxygen atoms in total. The van der Waals surface area contributed by atoms with Gasteiger partial charge in [-0.05, 0) is 23.6 Å². The molecule has 1 rings (SSSR count). The number of hydrogen-bond acceptors (Lipinski definition) is 4. The maximum absolute atomic E-state index is 11.3. The number of nitriles is 2. The van der Waals surface area contributed by atoms with Gasteiger partial charge in [0.25, 0.3) is 0 Å². The van der Waals surface area contributed by atoms with Crippen LogP contribution in [0.25, 0.3) is 0 Å². The van der Waals surface area contributed by atoms with Gasteiger partial charge < -0.3 is 4.74 Å². The van der Waals surface area contributed by atoms with Crippen molar-refractivity contribution in [2.45, 2.75) is 19.8 Å². The number of methoxy groups -OCH3 is 1. The van der Waals surface area contributed by atoms with Gasteiger partial charge in [0.2, 0.25) is 0 Å². The van der Waals surface area contributed by atoms with Gasteiger partial charge in [0.1, 0.15) is 5.92 Å². The molecule has 0 aliphatic heterocycles. The summed E-state index contributed by atoms with van der Waals surface area (Å²) >= 11 is 0. The summed E-state index contributed by atoms with van der Waals surface area (Å²) in [5.74, 6) is -1.09. The molecule has 4 heteroatoms. The predicted octanol–water partition coefficient (Wildman–Crippen LogP) is 2.88. The Labute approximate surface area is 113 Å². The average Bonchev–Trinajstić information content (AvgIpc) is 2.43. The highest BCUT2D eigenvalue weighted by Crippen LogP contribution is 2.31. The van der Waals surface area contributed by atoms with Gasteiger partial charge in [-0.15, -0.1) is 0 Å². The largest absolute Gasteiger partial charge is 0.465 e. The first-order valence-corrected chi connectivity index (χ1v) is 6.02. The number of ether oxygens (including phenoxy) is 1. The van der Waals surface area contributed by atoms with Crippen LogP contribution in [-0.4, -0.2) is 13.1 Å². The fourth-order valence-corrected chi connectivity index (χ4v) is 2.11.